The van der Waals surface area contributed by atoms with Crippen LogP contribution in [-0.4, -0.2) is 35.4 Å². The van der Waals surface area contributed by atoms with Crippen molar-refractivity contribution in [1.29, 1.82) is 0 Å². The Morgan fingerprint density at radius 3 is 2.50 bits per heavy atom. The highest BCUT2D eigenvalue weighted by Crippen LogP contribution is 2.27. The van der Waals surface area contributed by atoms with Gasteiger partial charge in [-0.25, -0.2) is 0 Å². The molecule has 1 heterocycles. The largest absolute Gasteiger partial charge is 0.495 e. The number of hydrogen-bond acceptors (Lipinski definition) is 7. The third-order valence-electron chi connectivity index (χ3n) is 4.51. The lowest BCUT2D eigenvalue weighted by Crippen LogP contribution is -2.21. The molecule has 0 aliphatic heterocycles. The van der Waals surface area contributed by atoms with Crippen molar-refractivity contribution in [2.75, 3.05) is 35.7 Å². The lowest BCUT2D eigenvalue weighted by Gasteiger charge is -2.22. The molecule has 0 bridgehead atoms. The number of methoxy groups -OCH3 is 1. The maximum Gasteiger partial charge on any atom is 0.249 e. The average molecular weight is 378 g/mol. The molecule has 0 fully saturated rings. The Hall–Kier alpha value is -3.35. The summed E-state index contributed by atoms with van der Waals surface area (Å²) in [7, 11) is 1.63. The summed E-state index contributed by atoms with van der Waals surface area (Å²) in [5.74, 6) is 1.73. The third-order valence-corrected chi connectivity index (χ3v) is 4.51. The molecule has 0 saturated heterocycles. The predicted molar refractivity (Wildman–Crippen MR) is 114 cm³/mol. The van der Waals surface area contributed by atoms with Gasteiger partial charge in [0.05, 0.1) is 19.0 Å². The average Bonchev–Trinajstić information content (AvgIpc) is 2.71. The van der Waals surface area contributed by atoms with E-state index in [0.29, 0.717) is 17.5 Å². The first kappa shape index (κ1) is 19.4. The Labute approximate surface area is 165 Å². The molecule has 3 rings (SSSR count). The van der Waals surface area contributed by atoms with E-state index in [2.05, 4.69) is 69.7 Å². The molecular formula is C21H26N6O. The second-order valence-corrected chi connectivity index (χ2v) is 6.29. The van der Waals surface area contributed by atoms with Gasteiger partial charge >= 0.3 is 0 Å². The lowest BCUT2D eigenvalue weighted by molar-refractivity contribution is 0.417. The normalized spacial score (nSPS) is 10.4. The zero-order valence-electron chi connectivity index (χ0n) is 16.7. The van der Waals surface area contributed by atoms with Gasteiger partial charge in [-0.3, -0.25) is 0 Å². The highest BCUT2D eigenvalue weighted by atomic mass is 16.5. The minimum Gasteiger partial charge on any atom is -0.495 e. The van der Waals surface area contributed by atoms with Crippen LogP contribution in [0.1, 0.15) is 19.4 Å². The summed E-state index contributed by atoms with van der Waals surface area (Å²) in [6, 6.07) is 14.0. The third kappa shape index (κ3) is 4.49. The van der Waals surface area contributed by atoms with Gasteiger partial charge < -0.3 is 20.3 Å². The summed E-state index contributed by atoms with van der Waals surface area (Å²) in [4.78, 5) is 6.83. The molecule has 0 unspecified atom stereocenters. The van der Waals surface area contributed by atoms with Crippen molar-refractivity contribution in [1.82, 2.24) is 15.2 Å². The first-order valence-corrected chi connectivity index (χ1v) is 9.37. The maximum atomic E-state index is 5.35. The summed E-state index contributed by atoms with van der Waals surface area (Å²) >= 11 is 0. The molecule has 0 aliphatic carbocycles. The molecule has 28 heavy (non-hydrogen) atoms. The first-order chi connectivity index (χ1) is 13.6. The zero-order chi connectivity index (χ0) is 19.9. The standard InChI is InChI=1S/C21H26N6O/c1-5-27(6-2)16-11-12-17(15(3)13-16)23-20-14-22-26-21(25-20)24-18-9-7-8-10-19(18)28-4/h7-14H,5-6H2,1-4H3,(H2,23,24,25,26). The molecule has 2 N–H and O–H groups in total. The van der Waals surface area contributed by atoms with E-state index in [1.165, 1.54) is 5.69 Å². The SMILES string of the molecule is CCN(CC)c1ccc(Nc2cnnc(Nc3ccccc3OC)n2)c(C)c1. The lowest BCUT2D eigenvalue weighted by atomic mass is 10.1. The Balaban J connectivity index is 1.78. The van der Waals surface area contributed by atoms with E-state index in [1.807, 2.05) is 24.3 Å². The molecule has 0 radical (unpaired) electrons. The van der Waals surface area contributed by atoms with E-state index in [-0.39, 0.29) is 0 Å². The molecular weight excluding hydrogens is 352 g/mol. The molecule has 0 atom stereocenters. The van der Waals surface area contributed by atoms with Crippen LogP contribution in [0.2, 0.25) is 0 Å². The van der Waals surface area contributed by atoms with Gasteiger partial charge in [0.2, 0.25) is 5.95 Å². The molecule has 146 valence electrons. The van der Waals surface area contributed by atoms with Crippen LogP contribution in [0.3, 0.4) is 0 Å². The molecule has 7 heteroatoms. The number of anilines is 5. The fourth-order valence-electron chi connectivity index (χ4n) is 3.00. The number of para-hydroxylation sites is 2. The van der Waals surface area contributed by atoms with Gasteiger partial charge in [-0.2, -0.15) is 10.1 Å². The fourth-order valence-corrected chi connectivity index (χ4v) is 3.00. The number of ether oxygens (including phenoxy) is 1. The number of hydrogen-bond donors (Lipinski definition) is 2. The Morgan fingerprint density at radius 2 is 1.79 bits per heavy atom. The number of aromatic nitrogens is 3. The summed E-state index contributed by atoms with van der Waals surface area (Å²) in [6.07, 6.45) is 1.60. The van der Waals surface area contributed by atoms with Crippen molar-refractivity contribution in [3.05, 3.63) is 54.2 Å². The minimum absolute atomic E-state index is 0.395. The van der Waals surface area contributed by atoms with Gasteiger partial charge in [0.15, 0.2) is 5.82 Å². The van der Waals surface area contributed by atoms with Gasteiger partial charge in [-0.1, -0.05) is 12.1 Å². The van der Waals surface area contributed by atoms with E-state index in [4.69, 9.17) is 4.74 Å². The maximum absolute atomic E-state index is 5.35. The Bertz CT molecular complexity index is 926. The summed E-state index contributed by atoms with van der Waals surface area (Å²) in [6.45, 7) is 8.37. The molecule has 2 aromatic carbocycles. The number of nitrogens with one attached hydrogen (secondary N) is 2. The minimum atomic E-state index is 0.395. The summed E-state index contributed by atoms with van der Waals surface area (Å²) < 4.78 is 5.35. The van der Waals surface area contributed by atoms with Crippen LogP contribution >= 0.6 is 0 Å². The Kier molecular flexibility index (Phi) is 6.26. The van der Waals surface area contributed by atoms with Crippen molar-refractivity contribution < 1.29 is 4.74 Å². The van der Waals surface area contributed by atoms with Crippen molar-refractivity contribution in [3.8, 4) is 5.75 Å². The van der Waals surface area contributed by atoms with Crippen LogP contribution in [-0.2, 0) is 0 Å². The quantitative estimate of drug-likeness (QED) is 0.597. The van der Waals surface area contributed by atoms with E-state index in [9.17, 15) is 0 Å². The van der Waals surface area contributed by atoms with Crippen LogP contribution in [0.25, 0.3) is 0 Å². The van der Waals surface area contributed by atoms with E-state index in [0.717, 1.165) is 30.0 Å². The topological polar surface area (TPSA) is 75.2 Å². The number of rotatable bonds is 8. The zero-order valence-corrected chi connectivity index (χ0v) is 16.7. The van der Waals surface area contributed by atoms with Crippen LogP contribution in [0.4, 0.5) is 28.8 Å². The van der Waals surface area contributed by atoms with Crippen LogP contribution in [0.15, 0.2) is 48.7 Å². The van der Waals surface area contributed by atoms with E-state index >= 15 is 0 Å². The fraction of sp³-hybridized carbons (Fsp3) is 0.286. The van der Waals surface area contributed by atoms with Crippen molar-refractivity contribution in [3.63, 3.8) is 0 Å². The van der Waals surface area contributed by atoms with Gasteiger partial charge in [0, 0.05) is 24.5 Å². The summed E-state index contributed by atoms with van der Waals surface area (Å²) in [5.41, 5.74) is 4.12. The second kappa shape index (κ2) is 9.03. The molecule has 3 aromatic rings. The van der Waals surface area contributed by atoms with Gasteiger partial charge in [0.25, 0.3) is 0 Å². The highest BCUT2D eigenvalue weighted by Gasteiger charge is 2.08. The smallest absolute Gasteiger partial charge is 0.249 e. The first-order valence-electron chi connectivity index (χ1n) is 9.37. The molecule has 0 aliphatic rings. The van der Waals surface area contributed by atoms with E-state index in [1.54, 1.807) is 13.3 Å². The second-order valence-electron chi connectivity index (χ2n) is 6.29. The molecule has 1 aromatic heterocycles. The van der Waals surface area contributed by atoms with Crippen LogP contribution in [0, 0.1) is 6.92 Å². The highest BCUT2D eigenvalue weighted by molar-refractivity contribution is 5.66. The number of nitrogens with zero attached hydrogens (tertiary/aromatic N) is 4. The predicted octanol–water partition coefficient (Wildman–Crippen LogP) is 4.52. The summed E-state index contributed by atoms with van der Waals surface area (Å²) in [5, 5.41) is 14.6. The molecule has 7 nitrogen and oxygen atoms in total. The van der Waals surface area contributed by atoms with Crippen molar-refractivity contribution in [2.45, 2.75) is 20.8 Å². The molecule has 0 amide bonds. The van der Waals surface area contributed by atoms with Gasteiger partial charge in [-0.15, -0.1) is 5.10 Å². The van der Waals surface area contributed by atoms with Crippen LogP contribution < -0.4 is 20.3 Å². The number of aryl methyl sites for hydroxylation is 1. The van der Waals surface area contributed by atoms with Crippen molar-refractivity contribution >= 4 is 28.8 Å². The van der Waals surface area contributed by atoms with Gasteiger partial charge in [-0.05, 0) is 56.7 Å². The molecule has 0 spiro atoms. The monoisotopic (exact) mass is 378 g/mol. The van der Waals surface area contributed by atoms with E-state index < -0.39 is 0 Å². The molecule has 0 saturated carbocycles. The number of benzene rings is 2. The van der Waals surface area contributed by atoms with Gasteiger partial charge in [0.1, 0.15) is 5.75 Å². The van der Waals surface area contributed by atoms with Crippen molar-refractivity contribution in [2.24, 2.45) is 0 Å². The van der Waals surface area contributed by atoms with Crippen LogP contribution in [0.5, 0.6) is 5.75 Å². The Morgan fingerprint density at radius 1 is 1.00 bits per heavy atom.